The predicted octanol–water partition coefficient (Wildman–Crippen LogP) is 4.04. The lowest BCUT2D eigenvalue weighted by molar-refractivity contribution is 0.952. The second-order valence-electron chi connectivity index (χ2n) is 4.16. The molecule has 0 spiro atoms. The Morgan fingerprint density at radius 1 is 1.18 bits per heavy atom. The van der Waals surface area contributed by atoms with E-state index in [9.17, 15) is 0 Å². The Morgan fingerprint density at radius 2 is 1.88 bits per heavy atom. The number of aromatic nitrogens is 1. The fourth-order valence-electron chi connectivity index (χ4n) is 2.12. The first-order valence-corrected chi connectivity index (χ1v) is 6.19. The lowest BCUT2D eigenvalue weighted by Gasteiger charge is -2.12. The van der Waals surface area contributed by atoms with Crippen molar-refractivity contribution in [3.8, 4) is 11.8 Å². The molecule has 1 heterocycles. The molecule has 17 heavy (non-hydrogen) atoms. The summed E-state index contributed by atoms with van der Waals surface area (Å²) in [6.45, 7) is 6.08. The summed E-state index contributed by atoms with van der Waals surface area (Å²) in [6, 6.07) is 10.3. The molecule has 1 aromatic heterocycles. The highest BCUT2D eigenvalue weighted by atomic mass is 79.9. The lowest BCUT2D eigenvalue weighted by Crippen LogP contribution is -2.01. The molecule has 0 bridgehead atoms. The smallest absolute Gasteiger partial charge is 0.101 e. The number of nitrogens with zero attached hydrogens (tertiary/aromatic N) is 2. The van der Waals surface area contributed by atoms with E-state index in [4.69, 9.17) is 5.26 Å². The summed E-state index contributed by atoms with van der Waals surface area (Å²) in [4.78, 5) is 0. The van der Waals surface area contributed by atoms with E-state index >= 15 is 0 Å². The van der Waals surface area contributed by atoms with Crippen molar-refractivity contribution in [3.63, 3.8) is 0 Å². The van der Waals surface area contributed by atoms with Gasteiger partial charge in [-0.1, -0.05) is 15.9 Å². The summed E-state index contributed by atoms with van der Waals surface area (Å²) in [5.74, 6) is 0. The van der Waals surface area contributed by atoms with E-state index in [2.05, 4.69) is 45.6 Å². The molecule has 0 aliphatic heterocycles. The normalized spacial score (nSPS) is 10.3. The summed E-state index contributed by atoms with van der Waals surface area (Å²) in [5, 5.41) is 9.05. The van der Waals surface area contributed by atoms with Gasteiger partial charge in [-0.2, -0.15) is 5.26 Å². The number of nitriles is 1. The fourth-order valence-corrected chi connectivity index (χ4v) is 2.59. The van der Waals surface area contributed by atoms with E-state index in [-0.39, 0.29) is 0 Å². The number of benzene rings is 1. The summed E-state index contributed by atoms with van der Waals surface area (Å²) in [7, 11) is 0. The average molecular weight is 289 g/mol. The first-order valence-electron chi connectivity index (χ1n) is 5.40. The molecule has 0 fully saturated rings. The SMILES string of the molecule is Cc1cc(Br)ccc1-n1c(C)cc(C#N)c1C. The summed E-state index contributed by atoms with van der Waals surface area (Å²) < 4.78 is 3.20. The molecular formula is C14H13BrN2. The van der Waals surface area contributed by atoms with E-state index in [0.717, 1.165) is 27.1 Å². The molecule has 2 aromatic rings. The molecule has 0 amide bonds. The van der Waals surface area contributed by atoms with Gasteiger partial charge in [-0.05, 0) is 50.6 Å². The Bertz CT molecular complexity index is 618. The van der Waals surface area contributed by atoms with Crippen LogP contribution in [0.15, 0.2) is 28.7 Å². The molecule has 86 valence electrons. The van der Waals surface area contributed by atoms with Crippen molar-refractivity contribution in [2.75, 3.05) is 0 Å². The van der Waals surface area contributed by atoms with Crippen LogP contribution in [0.25, 0.3) is 5.69 Å². The molecule has 0 atom stereocenters. The van der Waals surface area contributed by atoms with Crippen LogP contribution in [-0.2, 0) is 0 Å². The van der Waals surface area contributed by atoms with Crippen LogP contribution in [0, 0.1) is 32.1 Å². The number of aryl methyl sites for hydroxylation is 2. The Hall–Kier alpha value is -1.53. The maximum absolute atomic E-state index is 9.05. The molecule has 0 aliphatic rings. The van der Waals surface area contributed by atoms with Gasteiger partial charge >= 0.3 is 0 Å². The quantitative estimate of drug-likeness (QED) is 0.779. The molecule has 0 saturated heterocycles. The lowest BCUT2D eigenvalue weighted by atomic mass is 10.2. The molecule has 1 aromatic carbocycles. The van der Waals surface area contributed by atoms with Gasteiger partial charge in [-0.25, -0.2) is 0 Å². The van der Waals surface area contributed by atoms with Crippen molar-refractivity contribution in [3.05, 3.63) is 51.3 Å². The predicted molar refractivity (Wildman–Crippen MR) is 72.4 cm³/mol. The largest absolute Gasteiger partial charge is 0.317 e. The van der Waals surface area contributed by atoms with Gasteiger partial charge < -0.3 is 4.57 Å². The van der Waals surface area contributed by atoms with Gasteiger partial charge in [0, 0.05) is 21.5 Å². The molecule has 0 N–H and O–H groups in total. The Labute approximate surface area is 110 Å². The average Bonchev–Trinajstić information content (AvgIpc) is 2.55. The molecule has 2 rings (SSSR count). The van der Waals surface area contributed by atoms with Gasteiger partial charge in [0.05, 0.1) is 5.56 Å². The van der Waals surface area contributed by atoms with Crippen molar-refractivity contribution < 1.29 is 0 Å². The van der Waals surface area contributed by atoms with Crippen molar-refractivity contribution in [1.29, 1.82) is 5.26 Å². The van der Waals surface area contributed by atoms with Crippen LogP contribution in [0.3, 0.4) is 0 Å². The third-order valence-electron chi connectivity index (χ3n) is 2.95. The Morgan fingerprint density at radius 3 is 2.41 bits per heavy atom. The summed E-state index contributed by atoms with van der Waals surface area (Å²) >= 11 is 3.46. The minimum absolute atomic E-state index is 0.741. The molecule has 0 saturated carbocycles. The van der Waals surface area contributed by atoms with Crippen LogP contribution in [0.1, 0.15) is 22.5 Å². The van der Waals surface area contributed by atoms with E-state index in [1.807, 2.05) is 26.0 Å². The van der Waals surface area contributed by atoms with Crippen LogP contribution < -0.4 is 0 Å². The Balaban J connectivity index is 2.69. The van der Waals surface area contributed by atoms with Gasteiger partial charge in [-0.15, -0.1) is 0 Å². The van der Waals surface area contributed by atoms with E-state index in [1.165, 1.54) is 5.56 Å². The first kappa shape index (κ1) is 11.9. The first-order chi connectivity index (χ1) is 8.04. The minimum Gasteiger partial charge on any atom is -0.317 e. The third-order valence-corrected chi connectivity index (χ3v) is 3.44. The Kier molecular flexibility index (Phi) is 3.08. The molecule has 3 heteroatoms. The number of hydrogen-bond donors (Lipinski definition) is 0. The van der Waals surface area contributed by atoms with Crippen LogP contribution in [0.2, 0.25) is 0 Å². The van der Waals surface area contributed by atoms with Crippen LogP contribution in [0.5, 0.6) is 0 Å². The summed E-state index contributed by atoms with van der Waals surface area (Å²) in [6.07, 6.45) is 0. The van der Waals surface area contributed by atoms with Crippen LogP contribution in [-0.4, -0.2) is 4.57 Å². The minimum atomic E-state index is 0.741. The highest BCUT2D eigenvalue weighted by molar-refractivity contribution is 9.10. The third kappa shape index (κ3) is 2.01. The molecule has 2 nitrogen and oxygen atoms in total. The van der Waals surface area contributed by atoms with Crippen molar-refractivity contribution in [1.82, 2.24) is 4.57 Å². The topological polar surface area (TPSA) is 28.7 Å². The van der Waals surface area contributed by atoms with Crippen molar-refractivity contribution >= 4 is 15.9 Å². The number of rotatable bonds is 1. The second-order valence-corrected chi connectivity index (χ2v) is 5.08. The standard InChI is InChI=1S/C14H13BrN2/c1-9-6-13(15)4-5-14(9)17-10(2)7-12(8-16)11(17)3/h4-7H,1-3H3. The van der Waals surface area contributed by atoms with Gasteiger partial charge in [-0.3, -0.25) is 0 Å². The highest BCUT2D eigenvalue weighted by Gasteiger charge is 2.11. The van der Waals surface area contributed by atoms with Crippen molar-refractivity contribution in [2.24, 2.45) is 0 Å². The molecular weight excluding hydrogens is 276 g/mol. The van der Waals surface area contributed by atoms with Gasteiger partial charge in [0.25, 0.3) is 0 Å². The molecule has 0 radical (unpaired) electrons. The monoisotopic (exact) mass is 288 g/mol. The second kappa shape index (κ2) is 4.38. The zero-order chi connectivity index (χ0) is 12.6. The highest BCUT2D eigenvalue weighted by Crippen LogP contribution is 2.24. The van der Waals surface area contributed by atoms with Crippen LogP contribution in [0.4, 0.5) is 0 Å². The van der Waals surface area contributed by atoms with E-state index in [1.54, 1.807) is 0 Å². The van der Waals surface area contributed by atoms with Gasteiger partial charge in [0.2, 0.25) is 0 Å². The van der Waals surface area contributed by atoms with Crippen LogP contribution >= 0.6 is 15.9 Å². The number of hydrogen-bond acceptors (Lipinski definition) is 1. The zero-order valence-electron chi connectivity index (χ0n) is 10.1. The van der Waals surface area contributed by atoms with E-state index in [0.29, 0.717) is 0 Å². The van der Waals surface area contributed by atoms with Crippen molar-refractivity contribution in [2.45, 2.75) is 20.8 Å². The summed E-state index contributed by atoms with van der Waals surface area (Å²) in [5.41, 5.74) is 5.14. The van der Waals surface area contributed by atoms with Gasteiger partial charge in [0.1, 0.15) is 6.07 Å². The zero-order valence-corrected chi connectivity index (χ0v) is 11.7. The fraction of sp³-hybridized carbons (Fsp3) is 0.214. The molecule has 0 aliphatic carbocycles. The molecule has 0 unspecified atom stereocenters. The van der Waals surface area contributed by atoms with Gasteiger partial charge in [0.15, 0.2) is 0 Å². The maximum atomic E-state index is 9.05. The maximum Gasteiger partial charge on any atom is 0.101 e. The number of halogens is 1. The van der Waals surface area contributed by atoms with E-state index < -0.39 is 0 Å².